The van der Waals surface area contributed by atoms with Gasteiger partial charge in [0.2, 0.25) is 0 Å². The van der Waals surface area contributed by atoms with Crippen LogP contribution in [0.1, 0.15) is 18.4 Å². The zero-order valence-corrected chi connectivity index (χ0v) is 7.95. The lowest BCUT2D eigenvalue weighted by Crippen LogP contribution is -2.04. The molecular weight excluding hydrogens is 178 g/mol. The molecule has 0 atom stereocenters. The van der Waals surface area contributed by atoms with Crippen molar-refractivity contribution in [3.63, 3.8) is 0 Å². The van der Waals surface area contributed by atoms with Gasteiger partial charge in [0.05, 0.1) is 18.6 Å². The van der Waals surface area contributed by atoms with Gasteiger partial charge in [0.25, 0.3) is 0 Å². The number of rotatable bonds is 2. The van der Waals surface area contributed by atoms with Crippen molar-refractivity contribution >= 4 is 0 Å². The average molecular weight is 189 g/mol. The summed E-state index contributed by atoms with van der Waals surface area (Å²) in [6, 6.07) is 7.21. The molecule has 14 heavy (non-hydrogen) atoms. The number of methoxy groups -OCH3 is 1. The molecule has 1 aromatic carbocycles. The predicted molar refractivity (Wildman–Crippen MR) is 51.2 cm³/mol. The lowest BCUT2D eigenvalue weighted by atomic mass is 9.96. The van der Waals surface area contributed by atoms with Crippen LogP contribution in [-0.2, 0) is 5.41 Å². The smallest absolute Gasteiger partial charge is 0.127 e. The molecule has 1 N–H and O–H groups in total. The van der Waals surface area contributed by atoms with Crippen molar-refractivity contribution in [3.05, 3.63) is 23.8 Å². The molecule has 0 radical (unpaired) electrons. The van der Waals surface area contributed by atoms with Crippen LogP contribution in [0.2, 0.25) is 0 Å². The monoisotopic (exact) mass is 189 g/mol. The number of hydrogen-bond donors (Lipinski definition) is 1. The molecule has 1 aliphatic carbocycles. The van der Waals surface area contributed by atoms with Crippen molar-refractivity contribution in [1.82, 2.24) is 0 Å². The first-order chi connectivity index (χ1) is 6.72. The van der Waals surface area contributed by atoms with Crippen molar-refractivity contribution in [3.8, 4) is 17.6 Å². The van der Waals surface area contributed by atoms with E-state index in [1.54, 1.807) is 25.3 Å². The van der Waals surface area contributed by atoms with Crippen LogP contribution < -0.4 is 4.74 Å². The summed E-state index contributed by atoms with van der Waals surface area (Å²) in [5.74, 6) is 0.767. The lowest BCUT2D eigenvalue weighted by Gasteiger charge is -2.11. The van der Waals surface area contributed by atoms with Gasteiger partial charge in [-0.15, -0.1) is 0 Å². The molecule has 1 saturated carbocycles. The van der Waals surface area contributed by atoms with E-state index in [4.69, 9.17) is 10.00 Å². The third kappa shape index (κ3) is 1.20. The molecule has 0 spiro atoms. The molecule has 0 aromatic heterocycles. The number of phenols is 1. The Hall–Kier alpha value is -1.69. The third-order valence-electron chi connectivity index (χ3n) is 2.66. The summed E-state index contributed by atoms with van der Waals surface area (Å²) >= 11 is 0. The highest BCUT2D eigenvalue weighted by Crippen LogP contribution is 2.51. The topological polar surface area (TPSA) is 53.2 Å². The SMILES string of the molecule is COc1cc(O)ccc1C1(C#N)CC1. The van der Waals surface area contributed by atoms with Crippen molar-refractivity contribution in [2.24, 2.45) is 0 Å². The molecule has 0 amide bonds. The zero-order chi connectivity index (χ0) is 10.2. The minimum Gasteiger partial charge on any atom is -0.508 e. The Labute approximate surface area is 82.6 Å². The van der Waals surface area contributed by atoms with Crippen LogP contribution in [0.5, 0.6) is 11.5 Å². The van der Waals surface area contributed by atoms with Crippen molar-refractivity contribution in [2.75, 3.05) is 7.11 Å². The van der Waals surface area contributed by atoms with Gasteiger partial charge < -0.3 is 9.84 Å². The quantitative estimate of drug-likeness (QED) is 0.773. The Bertz CT molecular complexity index is 402. The van der Waals surface area contributed by atoms with Gasteiger partial charge in [-0.3, -0.25) is 0 Å². The Morgan fingerprint density at radius 1 is 1.50 bits per heavy atom. The van der Waals surface area contributed by atoms with E-state index in [9.17, 15) is 5.11 Å². The maximum atomic E-state index is 9.26. The fraction of sp³-hybridized carbons (Fsp3) is 0.364. The number of benzene rings is 1. The Morgan fingerprint density at radius 2 is 2.21 bits per heavy atom. The molecule has 0 unspecified atom stereocenters. The largest absolute Gasteiger partial charge is 0.508 e. The first-order valence-corrected chi connectivity index (χ1v) is 4.50. The van der Waals surface area contributed by atoms with E-state index >= 15 is 0 Å². The highest BCUT2D eigenvalue weighted by molar-refractivity contribution is 5.50. The van der Waals surface area contributed by atoms with E-state index < -0.39 is 0 Å². The van der Waals surface area contributed by atoms with E-state index in [1.165, 1.54) is 0 Å². The maximum Gasteiger partial charge on any atom is 0.127 e. The van der Waals surface area contributed by atoms with Gasteiger partial charge in [-0.25, -0.2) is 0 Å². The molecule has 72 valence electrons. The van der Waals surface area contributed by atoms with Gasteiger partial charge in [-0.1, -0.05) is 6.07 Å². The zero-order valence-electron chi connectivity index (χ0n) is 7.95. The molecule has 1 fully saturated rings. The van der Waals surface area contributed by atoms with Gasteiger partial charge in [0.15, 0.2) is 0 Å². The van der Waals surface area contributed by atoms with Crippen molar-refractivity contribution < 1.29 is 9.84 Å². The average Bonchev–Trinajstić information content (AvgIpc) is 2.98. The van der Waals surface area contributed by atoms with Crippen molar-refractivity contribution in [1.29, 1.82) is 5.26 Å². The van der Waals surface area contributed by atoms with E-state index in [0.717, 1.165) is 18.4 Å². The fourth-order valence-corrected chi connectivity index (χ4v) is 1.64. The summed E-state index contributed by atoms with van der Waals surface area (Å²) in [7, 11) is 1.55. The van der Waals surface area contributed by atoms with Crippen LogP contribution in [0.4, 0.5) is 0 Å². The lowest BCUT2D eigenvalue weighted by molar-refractivity contribution is 0.400. The Kier molecular flexibility index (Phi) is 1.85. The summed E-state index contributed by atoms with van der Waals surface area (Å²) in [4.78, 5) is 0. The van der Waals surface area contributed by atoms with E-state index in [2.05, 4.69) is 6.07 Å². The molecule has 3 nitrogen and oxygen atoms in total. The number of nitriles is 1. The second kappa shape index (κ2) is 2.91. The molecule has 0 saturated heterocycles. The minimum absolute atomic E-state index is 0.166. The summed E-state index contributed by atoms with van der Waals surface area (Å²) in [5, 5.41) is 18.3. The maximum absolute atomic E-state index is 9.26. The molecule has 2 rings (SSSR count). The van der Waals surface area contributed by atoms with Crippen LogP contribution in [-0.4, -0.2) is 12.2 Å². The molecule has 0 aliphatic heterocycles. The van der Waals surface area contributed by atoms with Crippen LogP contribution >= 0.6 is 0 Å². The van der Waals surface area contributed by atoms with Crippen LogP contribution in [0.25, 0.3) is 0 Å². The fourth-order valence-electron chi connectivity index (χ4n) is 1.64. The summed E-state index contributed by atoms with van der Waals surface area (Å²) in [5.41, 5.74) is 0.527. The van der Waals surface area contributed by atoms with Gasteiger partial charge in [-0.05, 0) is 18.9 Å². The van der Waals surface area contributed by atoms with Crippen LogP contribution in [0.3, 0.4) is 0 Å². The van der Waals surface area contributed by atoms with Gasteiger partial charge in [0, 0.05) is 11.6 Å². The van der Waals surface area contributed by atoms with Crippen LogP contribution in [0.15, 0.2) is 18.2 Å². The summed E-state index contributed by atoms with van der Waals surface area (Å²) in [6.45, 7) is 0. The van der Waals surface area contributed by atoms with Crippen LogP contribution in [0, 0.1) is 11.3 Å². The molecule has 3 heteroatoms. The standard InChI is InChI=1S/C11H11NO2/c1-14-10-6-8(13)2-3-9(10)11(7-12)4-5-11/h2-3,6,13H,4-5H2,1H3. The Morgan fingerprint density at radius 3 is 2.71 bits per heavy atom. The summed E-state index contributed by atoms with van der Waals surface area (Å²) < 4.78 is 5.14. The number of phenolic OH excluding ortho intramolecular Hbond substituents is 1. The molecule has 1 aliphatic rings. The minimum atomic E-state index is -0.362. The number of hydrogen-bond acceptors (Lipinski definition) is 3. The molecular formula is C11H11NO2. The predicted octanol–water partition coefficient (Wildman–Crippen LogP) is 1.96. The van der Waals surface area contributed by atoms with Gasteiger partial charge >= 0.3 is 0 Å². The molecule has 1 aromatic rings. The third-order valence-corrected chi connectivity index (χ3v) is 2.66. The molecule has 0 bridgehead atoms. The second-order valence-electron chi connectivity index (χ2n) is 3.58. The summed E-state index contributed by atoms with van der Waals surface area (Å²) in [6.07, 6.45) is 1.76. The highest BCUT2D eigenvalue weighted by atomic mass is 16.5. The normalized spacial score (nSPS) is 17.1. The van der Waals surface area contributed by atoms with E-state index in [0.29, 0.717) is 5.75 Å². The first kappa shape index (κ1) is 8.89. The van der Waals surface area contributed by atoms with E-state index in [1.807, 2.05) is 0 Å². The first-order valence-electron chi connectivity index (χ1n) is 4.50. The number of nitrogens with zero attached hydrogens (tertiary/aromatic N) is 1. The van der Waals surface area contributed by atoms with Crippen molar-refractivity contribution in [2.45, 2.75) is 18.3 Å². The van der Waals surface area contributed by atoms with Gasteiger partial charge in [-0.2, -0.15) is 5.26 Å². The van der Waals surface area contributed by atoms with Gasteiger partial charge in [0.1, 0.15) is 11.5 Å². The second-order valence-corrected chi connectivity index (χ2v) is 3.58. The number of aromatic hydroxyl groups is 1. The molecule has 0 heterocycles. The van der Waals surface area contributed by atoms with E-state index in [-0.39, 0.29) is 11.2 Å². The highest BCUT2D eigenvalue weighted by Gasteiger charge is 2.46. The Balaban J connectivity index is 2.49. The number of ether oxygens (including phenoxy) is 1.